The van der Waals surface area contributed by atoms with Crippen LogP contribution < -0.4 is 10.9 Å². The average molecular weight is 335 g/mol. The standard InChI is InChI=1S/C20H21N3O2/c1-13-6-5-11-23-18(13)22-17(16(12-24)19(23)25)21-15-9-7-14(8-10-15)20(2,3)4/h5-12,21H,1-4H3. The van der Waals surface area contributed by atoms with E-state index in [1.165, 1.54) is 9.96 Å². The molecule has 3 rings (SSSR count). The third-order valence-corrected chi connectivity index (χ3v) is 4.22. The number of rotatable bonds is 3. The lowest BCUT2D eigenvalue weighted by molar-refractivity contribution is 0.112. The second-order valence-electron chi connectivity index (χ2n) is 7.13. The van der Waals surface area contributed by atoms with Gasteiger partial charge in [0, 0.05) is 11.9 Å². The minimum atomic E-state index is -0.377. The zero-order chi connectivity index (χ0) is 18.2. The highest BCUT2D eigenvalue weighted by molar-refractivity contribution is 5.84. The lowest BCUT2D eigenvalue weighted by atomic mass is 9.87. The second kappa shape index (κ2) is 6.16. The minimum Gasteiger partial charge on any atom is -0.339 e. The number of nitrogens with one attached hydrogen (secondary N) is 1. The SMILES string of the molecule is Cc1cccn2c(=O)c(C=O)c(Nc3ccc(C(C)(C)C)cc3)nc12. The van der Waals surface area contributed by atoms with Crippen LogP contribution in [-0.4, -0.2) is 15.7 Å². The molecule has 2 heterocycles. The average Bonchev–Trinajstić information content (AvgIpc) is 2.56. The number of hydrogen-bond donors (Lipinski definition) is 1. The number of carbonyl (C=O) groups is 1. The van der Waals surface area contributed by atoms with Crippen LogP contribution in [0.15, 0.2) is 47.4 Å². The molecular weight excluding hydrogens is 314 g/mol. The quantitative estimate of drug-likeness (QED) is 0.738. The Morgan fingerprint density at radius 2 is 1.80 bits per heavy atom. The number of benzene rings is 1. The number of aryl methyl sites for hydroxylation is 1. The fourth-order valence-electron chi connectivity index (χ4n) is 2.70. The number of fused-ring (bicyclic) bond motifs is 1. The zero-order valence-electron chi connectivity index (χ0n) is 14.8. The fourth-order valence-corrected chi connectivity index (χ4v) is 2.70. The van der Waals surface area contributed by atoms with Gasteiger partial charge in [0.05, 0.1) is 0 Å². The van der Waals surface area contributed by atoms with Crippen LogP contribution in [0, 0.1) is 6.92 Å². The van der Waals surface area contributed by atoms with Gasteiger partial charge in [0.25, 0.3) is 5.56 Å². The molecule has 0 aliphatic rings. The van der Waals surface area contributed by atoms with Crippen LogP contribution in [-0.2, 0) is 5.41 Å². The number of hydrogen-bond acceptors (Lipinski definition) is 4. The fraction of sp³-hybridized carbons (Fsp3) is 0.250. The molecule has 0 aliphatic carbocycles. The Labute approximate surface area is 146 Å². The van der Waals surface area contributed by atoms with Crippen LogP contribution in [0.2, 0.25) is 0 Å². The van der Waals surface area contributed by atoms with Crippen molar-refractivity contribution in [2.45, 2.75) is 33.1 Å². The monoisotopic (exact) mass is 335 g/mol. The first kappa shape index (κ1) is 16.9. The predicted octanol–water partition coefficient (Wildman–Crippen LogP) is 3.86. The van der Waals surface area contributed by atoms with E-state index in [1.54, 1.807) is 12.3 Å². The van der Waals surface area contributed by atoms with Gasteiger partial charge in [-0.2, -0.15) is 0 Å². The number of nitrogens with zero attached hydrogens (tertiary/aromatic N) is 2. The molecule has 2 aromatic heterocycles. The molecular formula is C20H21N3O2. The van der Waals surface area contributed by atoms with E-state index < -0.39 is 0 Å². The van der Waals surface area contributed by atoms with E-state index in [4.69, 9.17) is 0 Å². The summed E-state index contributed by atoms with van der Waals surface area (Å²) in [4.78, 5) is 28.5. The van der Waals surface area contributed by atoms with Crippen molar-refractivity contribution >= 4 is 23.4 Å². The van der Waals surface area contributed by atoms with E-state index in [0.29, 0.717) is 11.9 Å². The molecule has 128 valence electrons. The normalized spacial score (nSPS) is 11.5. The van der Waals surface area contributed by atoms with Crippen molar-refractivity contribution in [2.24, 2.45) is 0 Å². The number of carbonyl (C=O) groups excluding carboxylic acids is 1. The van der Waals surface area contributed by atoms with Crippen molar-refractivity contribution < 1.29 is 4.79 Å². The Morgan fingerprint density at radius 1 is 1.12 bits per heavy atom. The molecule has 0 atom stereocenters. The molecule has 0 radical (unpaired) electrons. The van der Waals surface area contributed by atoms with Gasteiger partial charge in [-0.1, -0.05) is 39.0 Å². The Bertz CT molecular complexity index is 996. The van der Waals surface area contributed by atoms with Crippen LogP contribution in [0.3, 0.4) is 0 Å². The summed E-state index contributed by atoms with van der Waals surface area (Å²) in [5.74, 6) is 0.276. The number of anilines is 2. The molecule has 0 fully saturated rings. The third kappa shape index (κ3) is 3.18. The van der Waals surface area contributed by atoms with Gasteiger partial charge in [0.15, 0.2) is 6.29 Å². The zero-order valence-corrected chi connectivity index (χ0v) is 14.8. The van der Waals surface area contributed by atoms with Crippen molar-refractivity contribution in [3.8, 4) is 0 Å². The molecule has 0 spiro atoms. The third-order valence-electron chi connectivity index (χ3n) is 4.22. The topological polar surface area (TPSA) is 63.5 Å². The maximum atomic E-state index is 12.6. The Morgan fingerprint density at radius 3 is 2.40 bits per heavy atom. The summed E-state index contributed by atoms with van der Waals surface area (Å²) in [6, 6.07) is 11.6. The summed E-state index contributed by atoms with van der Waals surface area (Å²) in [5, 5.41) is 3.11. The molecule has 1 N–H and O–H groups in total. The van der Waals surface area contributed by atoms with E-state index >= 15 is 0 Å². The number of aldehydes is 1. The van der Waals surface area contributed by atoms with Gasteiger partial charge in [-0.15, -0.1) is 0 Å². The Hall–Kier alpha value is -2.95. The highest BCUT2D eigenvalue weighted by Crippen LogP contribution is 2.25. The maximum absolute atomic E-state index is 12.6. The lowest BCUT2D eigenvalue weighted by Crippen LogP contribution is -2.22. The maximum Gasteiger partial charge on any atom is 0.270 e. The van der Waals surface area contributed by atoms with Gasteiger partial charge in [-0.25, -0.2) is 4.98 Å². The lowest BCUT2D eigenvalue weighted by Gasteiger charge is -2.19. The molecule has 0 saturated heterocycles. The van der Waals surface area contributed by atoms with E-state index in [9.17, 15) is 9.59 Å². The first-order valence-electron chi connectivity index (χ1n) is 8.16. The van der Waals surface area contributed by atoms with Crippen LogP contribution in [0.4, 0.5) is 11.5 Å². The van der Waals surface area contributed by atoms with Gasteiger partial charge in [0.2, 0.25) is 0 Å². The van der Waals surface area contributed by atoms with Gasteiger partial charge in [-0.3, -0.25) is 14.0 Å². The molecule has 0 unspecified atom stereocenters. The largest absolute Gasteiger partial charge is 0.339 e. The molecule has 0 bridgehead atoms. The van der Waals surface area contributed by atoms with Crippen LogP contribution in [0.25, 0.3) is 5.65 Å². The minimum absolute atomic E-state index is 0.0167. The summed E-state index contributed by atoms with van der Waals surface area (Å²) in [6.07, 6.45) is 2.17. The Balaban J connectivity index is 2.08. The van der Waals surface area contributed by atoms with Crippen LogP contribution in [0.1, 0.15) is 42.3 Å². The van der Waals surface area contributed by atoms with Crippen molar-refractivity contribution in [3.05, 3.63) is 69.6 Å². The second-order valence-corrected chi connectivity index (χ2v) is 7.13. The van der Waals surface area contributed by atoms with E-state index in [1.807, 2.05) is 37.3 Å². The summed E-state index contributed by atoms with van der Waals surface area (Å²) >= 11 is 0. The summed E-state index contributed by atoms with van der Waals surface area (Å²) < 4.78 is 1.40. The van der Waals surface area contributed by atoms with E-state index in [0.717, 1.165) is 11.3 Å². The van der Waals surface area contributed by atoms with Gasteiger partial charge >= 0.3 is 0 Å². The molecule has 0 saturated carbocycles. The molecule has 5 nitrogen and oxygen atoms in total. The van der Waals surface area contributed by atoms with Gasteiger partial charge < -0.3 is 5.32 Å². The van der Waals surface area contributed by atoms with Crippen LogP contribution in [0.5, 0.6) is 0 Å². The Kier molecular flexibility index (Phi) is 4.17. The molecule has 0 aliphatic heterocycles. The number of aromatic nitrogens is 2. The first-order valence-corrected chi connectivity index (χ1v) is 8.16. The summed E-state index contributed by atoms with van der Waals surface area (Å²) in [6.45, 7) is 8.32. The highest BCUT2D eigenvalue weighted by atomic mass is 16.1. The number of pyridine rings is 1. The van der Waals surface area contributed by atoms with Gasteiger partial charge in [0.1, 0.15) is 17.0 Å². The van der Waals surface area contributed by atoms with Crippen molar-refractivity contribution in [2.75, 3.05) is 5.32 Å². The summed E-state index contributed by atoms with van der Waals surface area (Å²) in [5.41, 5.74) is 3.08. The van der Waals surface area contributed by atoms with Crippen molar-refractivity contribution in [3.63, 3.8) is 0 Å². The molecule has 25 heavy (non-hydrogen) atoms. The van der Waals surface area contributed by atoms with Gasteiger partial charge in [-0.05, 0) is 41.7 Å². The van der Waals surface area contributed by atoms with Crippen molar-refractivity contribution in [1.29, 1.82) is 0 Å². The van der Waals surface area contributed by atoms with E-state index in [-0.39, 0.29) is 22.4 Å². The van der Waals surface area contributed by atoms with Crippen molar-refractivity contribution in [1.82, 2.24) is 9.38 Å². The molecule has 3 aromatic rings. The van der Waals surface area contributed by atoms with E-state index in [2.05, 4.69) is 31.1 Å². The smallest absolute Gasteiger partial charge is 0.270 e. The molecule has 1 aromatic carbocycles. The van der Waals surface area contributed by atoms with Crippen LogP contribution >= 0.6 is 0 Å². The highest BCUT2D eigenvalue weighted by Gasteiger charge is 2.15. The predicted molar refractivity (Wildman–Crippen MR) is 100 cm³/mol. The molecule has 0 amide bonds. The summed E-state index contributed by atoms with van der Waals surface area (Å²) in [7, 11) is 0. The molecule has 5 heteroatoms. The first-order chi connectivity index (χ1) is 11.8.